The Morgan fingerprint density at radius 2 is 2.22 bits per heavy atom. The highest BCUT2D eigenvalue weighted by Gasteiger charge is 2.26. The van der Waals surface area contributed by atoms with Crippen molar-refractivity contribution in [2.45, 2.75) is 38.2 Å². The highest BCUT2D eigenvalue weighted by Crippen LogP contribution is 2.43. The van der Waals surface area contributed by atoms with Gasteiger partial charge in [0, 0.05) is 27.9 Å². The highest BCUT2D eigenvalue weighted by molar-refractivity contribution is 7.15. The molecule has 0 aliphatic heterocycles. The summed E-state index contributed by atoms with van der Waals surface area (Å²) >= 11 is 7.65. The molecule has 2 N–H and O–H groups in total. The smallest absolute Gasteiger partial charge is 0.233 e. The van der Waals surface area contributed by atoms with Crippen molar-refractivity contribution in [2.75, 3.05) is 5.32 Å². The lowest BCUT2D eigenvalue weighted by Crippen LogP contribution is -2.18. The maximum atomic E-state index is 12.6. The third kappa shape index (κ3) is 4.05. The standard InChI is InChI=1S/C19H19ClN4O2S/c1-11(18(26)23-19-21-8-17(27-19)13-2-3-13)14-7-22-24(9-14)16-5-12(10-25)4-15(20)6-16/h4-9,11,13,25H,2-3,10H2,1H3,(H,21,23,26). The van der Waals surface area contributed by atoms with E-state index in [4.69, 9.17) is 11.6 Å². The van der Waals surface area contributed by atoms with Crippen molar-refractivity contribution in [1.82, 2.24) is 14.8 Å². The molecule has 1 saturated carbocycles. The molecule has 0 saturated heterocycles. The largest absolute Gasteiger partial charge is 0.392 e. The third-order valence-corrected chi connectivity index (χ3v) is 5.91. The third-order valence-electron chi connectivity index (χ3n) is 4.62. The monoisotopic (exact) mass is 402 g/mol. The fourth-order valence-electron chi connectivity index (χ4n) is 2.82. The summed E-state index contributed by atoms with van der Waals surface area (Å²) in [5.41, 5.74) is 2.23. The van der Waals surface area contributed by atoms with Gasteiger partial charge in [0.15, 0.2) is 5.13 Å². The van der Waals surface area contributed by atoms with Crippen LogP contribution in [0.5, 0.6) is 0 Å². The maximum absolute atomic E-state index is 12.6. The molecule has 0 bridgehead atoms. The predicted octanol–water partition coefficient (Wildman–Crippen LogP) is 4.09. The fourth-order valence-corrected chi connectivity index (χ4v) is 4.06. The number of carbonyl (C=O) groups is 1. The number of aliphatic hydroxyl groups excluding tert-OH is 1. The summed E-state index contributed by atoms with van der Waals surface area (Å²) in [6, 6.07) is 5.27. The van der Waals surface area contributed by atoms with Crippen LogP contribution in [0.4, 0.5) is 5.13 Å². The molecular weight excluding hydrogens is 384 g/mol. The lowest BCUT2D eigenvalue weighted by atomic mass is 10.1. The number of halogens is 1. The Kier molecular flexibility index (Phi) is 4.99. The number of thiazole rings is 1. The van der Waals surface area contributed by atoms with Crippen molar-refractivity contribution in [3.8, 4) is 5.69 Å². The molecule has 27 heavy (non-hydrogen) atoms. The number of rotatable bonds is 6. The molecule has 3 aromatic rings. The van der Waals surface area contributed by atoms with E-state index in [1.54, 1.807) is 40.5 Å². The normalized spacial score (nSPS) is 14.9. The molecule has 1 amide bonds. The fraction of sp³-hybridized carbons (Fsp3) is 0.316. The molecule has 1 aliphatic carbocycles. The SMILES string of the molecule is CC(C(=O)Nc1ncc(C2CC2)s1)c1cnn(-c2cc(Cl)cc(CO)c2)c1. The summed E-state index contributed by atoms with van der Waals surface area (Å²) in [5.74, 6) is 0.141. The van der Waals surface area contributed by atoms with Crippen LogP contribution in [0, 0.1) is 0 Å². The first kappa shape index (κ1) is 18.2. The van der Waals surface area contributed by atoms with Gasteiger partial charge in [0.1, 0.15) is 0 Å². The number of hydrogen-bond donors (Lipinski definition) is 2. The van der Waals surface area contributed by atoms with Crippen LogP contribution in [-0.2, 0) is 11.4 Å². The van der Waals surface area contributed by atoms with Gasteiger partial charge in [-0.05, 0) is 49.4 Å². The van der Waals surface area contributed by atoms with Crippen LogP contribution < -0.4 is 5.32 Å². The van der Waals surface area contributed by atoms with E-state index in [0.717, 1.165) is 11.3 Å². The van der Waals surface area contributed by atoms with Crippen molar-refractivity contribution in [1.29, 1.82) is 0 Å². The van der Waals surface area contributed by atoms with E-state index < -0.39 is 0 Å². The van der Waals surface area contributed by atoms with Gasteiger partial charge in [-0.1, -0.05) is 11.6 Å². The Bertz CT molecular complexity index is 980. The van der Waals surface area contributed by atoms with Gasteiger partial charge in [-0.2, -0.15) is 5.10 Å². The zero-order valence-corrected chi connectivity index (χ0v) is 16.3. The van der Waals surface area contributed by atoms with Gasteiger partial charge < -0.3 is 10.4 Å². The number of aromatic nitrogens is 3. The summed E-state index contributed by atoms with van der Waals surface area (Å²) < 4.78 is 1.65. The first-order valence-electron chi connectivity index (χ1n) is 8.75. The molecule has 1 atom stereocenters. The van der Waals surface area contributed by atoms with Gasteiger partial charge in [0.05, 0.1) is 24.4 Å². The van der Waals surface area contributed by atoms with Crippen LogP contribution in [0.1, 0.15) is 47.6 Å². The molecule has 2 heterocycles. The predicted molar refractivity (Wildman–Crippen MR) is 106 cm³/mol. The van der Waals surface area contributed by atoms with Crippen LogP contribution in [0.25, 0.3) is 5.69 Å². The first-order chi connectivity index (χ1) is 13.0. The molecule has 8 heteroatoms. The van der Waals surface area contributed by atoms with Gasteiger partial charge in [-0.15, -0.1) is 11.3 Å². The van der Waals surface area contributed by atoms with Crippen molar-refractivity contribution in [3.63, 3.8) is 0 Å². The quantitative estimate of drug-likeness (QED) is 0.650. The van der Waals surface area contributed by atoms with Crippen molar-refractivity contribution >= 4 is 34.0 Å². The molecule has 6 nitrogen and oxygen atoms in total. The average Bonchev–Trinajstić information content (AvgIpc) is 3.20. The summed E-state index contributed by atoms with van der Waals surface area (Å²) in [6.07, 6.45) is 7.76. The second-order valence-electron chi connectivity index (χ2n) is 6.75. The topological polar surface area (TPSA) is 80.0 Å². The Balaban J connectivity index is 1.48. The zero-order chi connectivity index (χ0) is 19.0. The summed E-state index contributed by atoms with van der Waals surface area (Å²) in [7, 11) is 0. The van der Waals surface area contributed by atoms with E-state index in [9.17, 15) is 9.90 Å². The van der Waals surface area contributed by atoms with Crippen molar-refractivity contribution in [3.05, 3.63) is 57.8 Å². The van der Waals surface area contributed by atoms with Gasteiger partial charge in [-0.3, -0.25) is 4.79 Å². The Morgan fingerprint density at radius 1 is 1.41 bits per heavy atom. The molecular formula is C19H19ClN4O2S. The van der Waals surface area contributed by atoms with Gasteiger partial charge in [-0.25, -0.2) is 9.67 Å². The number of anilines is 1. The molecule has 1 aliphatic rings. The number of aliphatic hydroxyl groups is 1. The number of amides is 1. The van der Waals surface area contributed by atoms with Crippen LogP contribution in [0.3, 0.4) is 0 Å². The second-order valence-corrected chi connectivity index (χ2v) is 8.25. The minimum absolute atomic E-state index is 0.100. The number of nitrogens with one attached hydrogen (secondary N) is 1. The van der Waals surface area contributed by atoms with Gasteiger partial charge >= 0.3 is 0 Å². The van der Waals surface area contributed by atoms with Crippen LogP contribution in [-0.4, -0.2) is 25.8 Å². The molecule has 0 spiro atoms. The molecule has 140 valence electrons. The molecule has 4 rings (SSSR count). The minimum atomic E-state index is -0.372. The number of nitrogens with zero attached hydrogens (tertiary/aromatic N) is 3. The van der Waals surface area contributed by atoms with E-state index in [0.29, 0.717) is 21.6 Å². The van der Waals surface area contributed by atoms with Crippen molar-refractivity contribution in [2.24, 2.45) is 0 Å². The highest BCUT2D eigenvalue weighted by atomic mass is 35.5. The summed E-state index contributed by atoms with van der Waals surface area (Å²) in [6.45, 7) is 1.74. The second kappa shape index (κ2) is 7.42. The van der Waals surface area contributed by atoms with E-state index in [1.807, 2.05) is 19.2 Å². The molecule has 1 fully saturated rings. The van der Waals surface area contributed by atoms with Crippen LogP contribution in [0.15, 0.2) is 36.8 Å². The average molecular weight is 403 g/mol. The van der Waals surface area contributed by atoms with E-state index >= 15 is 0 Å². The summed E-state index contributed by atoms with van der Waals surface area (Å²) in [5, 5.41) is 17.7. The Labute approximate surface area is 165 Å². The van der Waals surface area contributed by atoms with E-state index in [-0.39, 0.29) is 18.4 Å². The van der Waals surface area contributed by atoms with Crippen LogP contribution >= 0.6 is 22.9 Å². The number of hydrogen-bond acceptors (Lipinski definition) is 5. The Hall–Kier alpha value is -2.22. The number of benzene rings is 1. The maximum Gasteiger partial charge on any atom is 0.233 e. The molecule has 1 unspecified atom stereocenters. The summed E-state index contributed by atoms with van der Waals surface area (Å²) in [4.78, 5) is 18.1. The Morgan fingerprint density at radius 3 is 2.96 bits per heavy atom. The first-order valence-corrected chi connectivity index (χ1v) is 9.95. The lowest BCUT2D eigenvalue weighted by molar-refractivity contribution is -0.117. The van der Waals surface area contributed by atoms with Gasteiger partial charge in [0.2, 0.25) is 5.91 Å². The lowest BCUT2D eigenvalue weighted by Gasteiger charge is -2.08. The molecule has 1 aromatic carbocycles. The van der Waals surface area contributed by atoms with Crippen LogP contribution in [0.2, 0.25) is 5.02 Å². The zero-order valence-electron chi connectivity index (χ0n) is 14.7. The molecule has 0 radical (unpaired) electrons. The minimum Gasteiger partial charge on any atom is -0.392 e. The molecule has 2 aromatic heterocycles. The van der Waals surface area contributed by atoms with E-state index in [2.05, 4.69) is 15.4 Å². The van der Waals surface area contributed by atoms with Gasteiger partial charge in [0.25, 0.3) is 0 Å². The van der Waals surface area contributed by atoms with Crippen molar-refractivity contribution < 1.29 is 9.90 Å². The number of carbonyl (C=O) groups excluding carboxylic acids is 1. The van der Waals surface area contributed by atoms with E-state index in [1.165, 1.54) is 17.7 Å².